The summed E-state index contributed by atoms with van der Waals surface area (Å²) in [5.74, 6) is 0.362. The summed E-state index contributed by atoms with van der Waals surface area (Å²) in [6.07, 6.45) is 1.76. The van der Waals surface area contributed by atoms with E-state index >= 15 is 0 Å². The largest absolute Gasteiger partial charge is 0.467 e. The van der Waals surface area contributed by atoms with Crippen LogP contribution in [0, 0.1) is 12.7 Å². The van der Waals surface area contributed by atoms with Crippen LogP contribution in [0.5, 0.6) is 0 Å². The number of anilines is 2. The molecule has 0 saturated carbocycles. The number of furan rings is 1. The molecule has 0 unspecified atom stereocenters. The number of hydrogen-bond acceptors (Lipinski definition) is 4. The predicted octanol–water partition coefficient (Wildman–Crippen LogP) is 4.50. The van der Waals surface area contributed by atoms with Crippen molar-refractivity contribution >= 4 is 23.3 Å². The smallest absolute Gasteiger partial charge is 0.322 e. The lowest BCUT2D eigenvalue weighted by Crippen LogP contribution is -2.49. The van der Waals surface area contributed by atoms with E-state index in [0.29, 0.717) is 43.3 Å². The Morgan fingerprint density at radius 1 is 1.00 bits per heavy atom. The quantitative estimate of drug-likeness (QED) is 0.559. The Labute approximate surface area is 198 Å². The van der Waals surface area contributed by atoms with Crippen molar-refractivity contribution in [2.24, 2.45) is 0 Å². The Hall–Kier alpha value is -3.81. The van der Waals surface area contributed by atoms with Gasteiger partial charge in [-0.15, -0.1) is 0 Å². The van der Waals surface area contributed by atoms with E-state index in [-0.39, 0.29) is 37.3 Å². The van der Waals surface area contributed by atoms with E-state index in [1.165, 1.54) is 6.07 Å². The Morgan fingerprint density at radius 3 is 2.41 bits per heavy atom. The van der Waals surface area contributed by atoms with Crippen molar-refractivity contribution < 1.29 is 18.4 Å². The third kappa shape index (κ3) is 5.95. The van der Waals surface area contributed by atoms with Crippen LogP contribution < -0.4 is 10.2 Å². The van der Waals surface area contributed by atoms with Gasteiger partial charge in [-0.1, -0.05) is 29.8 Å². The van der Waals surface area contributed by atoms with Crippen LogP contribution in [0.3, 0.4) is 0 Å². The number of carbonyl (C=O) groups excluding carboxylic acids is 2. The number of benzene rings is 2. The summed E-state index contributed by atoms with van der Waals surface area (Å²) >= 11 is 0. The molecule has 3 amide bonds. The van der Waals surface area contributed by atoms with E-state index in [4.69, 9.17) is 4.42 Å². The molecule has 1 N–H and O–H groups in total. The third-order valence-electron chi connectivity index (χ3n) is 5.94. The van der Waals surface area contributed by atoms with E-state index in [2.05, 4.69) is 5.32 Å². The maximum Gasteiger partial charge on any atom is 0.322 e. The number of halogens is 1. The van der Waals surface area contributed by atoms with Crippen LogP contribution in [0.1, 0.15) is 17.7 Å². The monoisotopic (exact) mass is 464 g/mol. The van der Waals surface area contributed by atoms with Crippen molar-refractivity contribution in [3.8, 4) is 0 Å². The molecule has 1 aliphatic heterocycles. The number of urea groups is 1. The third-order valence-corrected chi connectivity index (χ3v) is 5.94. The van der Waals surface area contributed by atoms with Crippen LogP contribution >= 0.6 is 0 Å². The molecular weight excluding hydrogens is 435 g/mol. The van der Waals surface area contributed by atoms with Crippen molar-refractivity contribution in [2.75, 3.05) is 42.9 Å². The predicted molar refractivity (Wildman–Crippen MR) is 129 cm³/mol. The van der Waals surface area contributed by atoms with Gasteiger partial charge in [0.05, 0.1) is 18.5 Å². The van der Waals surface area contributed by atoms with Gasteiger partial charge < -0.3 is 24.4 Å². The van der Waals surface area contributed by atoms with Gasteiger partial charge >= 0.3 is 6.03 Å². The van der Waals surface area contributed by atoms with Crippen molar-refractivity contribution in [3.05, 3.63) is 84.1 Å². The van der Waals surface area contributed by atoms with Gasteiger partial charge in [0.25, 0.3) is 0 Å². The molecule has 7 nitrogen and oxygen atoms in total. The maximum atomic E-state index is 14.1. The minimum atomic E-state index is -0.294. The molecule has 8 heteroatoms. The first kappa shape index (κ1) is 23.4. The minimum absolute atomic E-state index is 0.0271. The number of nitrogens with zero attached hydrogens (tertiary/aromatic N) is 3. The number of piperazine rings is 1. The highest BCUT2D eigenvalue weighted by atomic mass is 19.1. The molecule has 0 radical (unpaired) electrons. The van der Waals surface area contributed by atoms with Crippen LogP contribution in [0.4, 0.5) is 20.6 Å². The summed E-state index contributed by atoms with van der Waals surface area (Å²) in [5.41, 5.74) is 2.36. The molecule has 0 aliphatic carbocycles. The summed E-state index contributed by atoms with van der Waals surface area (Å²) in [6, 6.07) is 17.5. The van der Waals surface area contributed by atoms with E-state index in [1.807, 2.05) is 42.2 Å². The lowest BCUT2D eigenvalue weighted by atomic mass is 10.2. The summed E-state index contributed by atoms with van der Waals surface area (Å²) < 4.78 is 19.5. The highest BCUT2D eigenvalue weighted by Gasteiger charge is 2.24. The molecule has 1 aromatic heterocycles. The minimum Gasteiger partial charge on any atom is -0.467 e. The van der Waals surface area contributed by atoms with E-state index in [9.17, 15) is 14.0 Å². The average Bonchev–Trinajstić information content (AvgIpc) is 3.36. The number of carbonyl (C=O) groups is 2. The van der Waals surface area contributed by atoms with Crippen LogP contribution in [-0.4, -0.2) is 54.5 Å². The number of aryl methyl sites for hydroxylation is 1. The topological polar surface area (TPSA) is 69.0 Å². The molecule has 0 bridgehead atoms. The van der Waals surface area contributed by atoms with Crippen molar-refractivity contribution in [3.63, 3.8) is 0 Å². The van der Waals surface area contributed by atoms with E-state index < -0.39 is 0 Å². The first-order chi connectivity index (χ1) is 16.5. The van der Waals surface area contributed by atoms with Crippen LogP contribution in [0.15, 0.2) is 71.3 Å². The molecule has 0 atom stereocenters. The van der Waals surface area contributed by atoms with Crippen molar-refractivity contribution in [1.29, 1.82) is 0 Å². The summed E-state index contributed by atoms with van der Waals surface area (Å²) in [5, 5.41) is 2.89. The molecule has 2 heterocycles. The number of amides is 3. The Balaban J connectivity index is 1.33. The Morgan fingerprint density at radius 2 is 1.74 bits per heavy atom. The van der Waals surface area contributed by atoms with Gasteiger partial charge in [-0.05, 0) is 43.3 Å². The molecular formula is C26H29FN4O3. The number of hydrogen-bond donors (Lipinski definition) is 1. The fourth-order valence-electron chi connectivity index (χ4n) is 3.98. The van der Waals surface area contributed by atoms with Gasteiger partial charge in [0, 0.05) is 44.8 Å². The second kappa shape index (κ2) is 10.9. The van der Waals surface area contributed by atoms with Gasteiger partial charge in [-0.3, -0.25) is 4.79 Å². The summed E-state index contributed by atoms with van der Waals surface area (Å²) in [6.45, 7) is 4.66. The van der Waals surface area contributed by atoms with E-state index in [1.54, 1.807) is 40.3 Å². The fraction of sp³-hybridized carbons (Fsp3) is 0.308. The molecule has 2 aromatic carbocycles. The number of para-hydroxylation sites is 1. The number of rotatable bonds is 7. The lowest BCUT2D eigenvalue weighted by molar-refractivity contribution is -0.131. The molecule has 34 heavy (non-hydrogen) atoms. The van der Waals surface area contributed by atoms with Gasteiger partial charge in [0.15, 0.2) is 0 Å². The van der Waals surface area contributed by atoms with Gasteiger partial charge in [0.1, 0.15) is 11.6 Å². The standard InChI is InChI=1S/C26H29FN4O3/c1-20-8-10-21(11-9-20)28-26(33)31(19-22-5-4-18-34-22)13-12-25(32)30-16-14-29(15-17-30)24-7-3-2-6-23(24)27/h2-11,18H,12-17,19H2,1H3,(H,28,33). The van der Waals surface area contributed by atoms with Gasteiger partial charge in [-0.2, -0.15) is 0 Å². The number of nitrogens with one attached hydrogen (secondary N) is 1. The van der Waals surface area contributed by atoms with Crippen LogP contribution in [0.25, 0.3) is 0 Å². The van der Waals surface area contributed by atoms with E-state index in [0.717, 1.165) is 5.56 Å². The highest BCUT2D eigenvalue weighted by Crippen LogP contribution is 2.20. The molecule has 4 rings (SSSR count). The SMILES string of the molecule is Cc1ccc(NC(=O)N(CCC(=O)N2CCN(c3ccccc3F)CC2)Cc2ccco2)cc1. The zero-order valence-electron chi connectivity index (χ0n) is 19.2. The van der Waals surface area contributed by atoms with Crippen molar-refractivity contribution in [1.82, 2.24) is 9.80 Å². The normalized spacial score (nSPS) is 13.6. The lowest BCUT2D eigenvalue weighted by Gasteiger charge is -2.36. The highest BCUT2D eigenvalue weighted by molar-refractivity contribution is 5.89. The fourth-order valence-corrected chi connectivity index (χ4v) is 3.98. The van der Waals surface area contributed by atoms with Crippen LogP contribution in [-0.2, 0) is 11.3 Å². The van der Waals surface area contributed by atoms with Gasteiger partial charge in [0.2, 0.25) is 5.91 Å². The Kier molecular flexibility index (Phi) is 7.47. The second-order valence-electron chi connectivity index (χ2n) is 8.37. The molecule has 1 saturated heterocycles. The summed E-state index contributed by atoms with van der Waals surface area (Å²) in [4.78, 5) is 31.1. The molecule has 1 aliphatic rings. The summed E-state index contributed by atoms with van der Waals surface area (Å²) in [7, 11) is 0. The molecule has 3 aromatic rings. The van der Waals surface area contributed by atoms with Gasteiger partial charge in [-0.25, -0.2) is 9.18 Å². The zero-order chi connectivity index (χ0) is 23.9. The first-order valence-corrected chi connectivity index (χ1v) is 11.4. The average molecular weight is 465 g/mol. The second-order valence-corrected chi connectivity index (χ2v) is 8.37. The molecule has 0 spiro atoms. The maximum absolute atomic E-state index is 14.1. The van der Waals surface area contributed by atoms with Crippen LogP contribution in [0.2, 0.25) is 0 Å². The zero-order valence-corrected chi connectivity index (χ0v) is 19.2. The Bertz CT molecular complexity index is 1090. The molecule has 1 fully saturated rings. The first-order valence-electron chi connectivity index (χ1n) is 11.4. The molecule has 178 valence electrons. The van der Waals surface area contributed by atoms with Crippen molar-refractivity contribution in [2.45, 2.75) is 19.9 Å².